The summed E-state index contributed by atoms with van der Waals surface area (Å²) in [5, 5.41) is 8.28. The molecule has 11 rings (SSSR count). The molecule has 2 heterocycles. The number of fused-ring (bicyclic) bond motifs is 7. The molecule has 0 aliphatic heterocycles. The van der Waals surface area contributed by atoms with Crippen LogP contribution in [0.3, 0.4) is 0 Å². The van der Waals surface area contributed by atoms with Gasteiger partial charge in [0.2, 0.25) is 0 Å². The molecule has 0 fully saturated rings. The minimum Gasteiger partial charge on any atom is -0.458 e. The van der Waals surface area contributed by atoms with Gasteiger partial charge in [0.05, 0.1) is 5.84 Å². The molecular weight excluding hydrogens is 957 g/mol. The Hall–Kier alpha value is -6.64. The molecule has 1 unspecified atom stereocenters. The molecule has 0 aliphatic carbocycles. The second kappa shape index (κ2) is 15.5. The van der Waals surface area contributed by atoms with Gasteiger partial charge in [0.1, 0.15) is 17.0 Å². The van der Waals surface area contributed by atoms with Gasteiger partial charge in [-0.25, -0.2) is 16.1 Å². The molecular formula is C55H37N3OU. The van der Waals surface area contributed by atoms with E-state index in [1.807, 2.05) is 42.5 Å². The van der Waals surface area contributed by atoms with E-state index in [2.05, 4.69) is 169 Å². The van der Waals surface area contributed by atoms with Gasteiger partial charge in [-0.2, -0.15) is 24.3 Å². The number of para-hydroxylation sites is 1. The summed E-state index contributed by atoms with van der Waals surface area (Å²) < 4.78 is 8.84. The Morgan fingerprint density at radius 1 is 0.583 bits per heavy atom. The van der Waals surface area contributed by atoms with Crippen LogP contribution in [0, 0.1) is 43.2 Å². The third-order valence-electron chi connectivity index (χ3n) is 11.7. The number of nitrogens with two attached hydrogens (primary N) is 1. The third-order valence-corrected chi connectivity index (χ3v) is 11.7. The van der Waals surface area contributed by atoms with E-state index in [1.165, 1.54) is 43.4 Å². The van der Waals surface area contributed by atoms with E-state index >= 15 is 0 Å². The molecule has 5 heteroatoms. The van der Waals surface area contributed by atoms with Crippen molar-refractivity contribution in [1.29, 1.82) is 0 Å². The molecule has 4 nitrogen and oxygen atoms in total. The van der Waals surface area contributed by atoms with Crippen molar-refractivity contribution in [1.82, 2.24) is 4.57 Å². The van der Waals surface area contributed by atoms with Crippen molar-refractivity contribution in [2.75, 3.05) is 0 Å². The van der Waals surface area contributed by atoms with Gasteiger partial charge in [0, 0.05) is 33.1 Å². The molecule has 60 heavy (non-hydrogen) atoms. The molecule has 282 valence electrons. The van der Waals surface area contributed by atoms with Crippen LogP contribution in [-0.2, 0) is 0 Å². The number of hydrogen-bond donors (Lipinski definition) is 1. The fourth-order valence-electron chi connectivity index (χ4n) is 8.63. The van der Waals surface area contributed by atoms with Crippen LogP contribution in [0.1, 0.15) is 29.7 Å². The molecule has 11 aromatic rings. The fourth-order valence-corrected chi connectivity index (χ4v) is 8.63. The average Bonchev–Trinajstić information content (AvgIpc) is 3.84. The van der Waals surface area contributed by atoms with Crippen molar-refractivity contribution in [3.63, 3.8) is 0 Å². The Balaban J connectivity index is 0.00000433. The number of aromatic nitrogens is 1. The quantitative estimate of drug-likeness (QED) is 0.0983. The first kappa shape index (κ1) is 37.6. The zero-order chi connectivity index (χ0) is 39.5. The minimum absolute atomic E-state index is 0. The van der Waals surface area contributed by atoms with Crippen molar-refractivity contribution in [3.8, 4) is 27.9 Å². The van der Waals surface area contributed by atoms with Crippen LogP contribution in [0.15, 0.2) is 197 Å². The van der Waals surface area contributed by atoms with E-state index < -0.39 is 0 Å². The first-order chi connectivity index (χ1) is 29.1. The molecule has 2 aromatic heterocycles. The van der Waals surface area contributed by atoms with Crippen molar-refractivity contribution >= 4 is 65.8 Å². The zero-order valence-electron chi connectivity index (χ0n) is 32.9. The van der Waals surface area contributed by atoms with E-state index in [0.29, 0.717) is 5.84 Å². The Labute approximate surface area is 372 Å². The maximum atomic E-state index is 6.77. The SMILES string of the molecule is CC(c1ccc2ccccc2c1)c1oc2ccccc2c1N=C(N)c1c[c-]c(-c2[c-]cc(-n3c4ccc(-c5ccccc5)cc4c4c5ccccc5ccc43)cc2)cc1.[U+2]. The molecule has 0 saturated carbocycles. The Morgan fingerprint density at radius 2 is 1.27 bits per heavy atom. The van der Waals surface area contributed by atoms with E-state index in [1.54, 1.807) is 0 Å². The van der Waals surface area contributed by atoms with Crippen molar-refractivity contribution in [2.45, 2.75) is 12.8 Å². The number of aliphatic imine (C=N–C) groups is 1. The number of rotatable bonds is 7. The third kappa shape index (κ3) is 6.52. The van der Waals surface area contributed by atoms with Gasteiger partial charge in [0.25, 0.3) is 0 Å². The number of benzene rings is 9. The molecule has 9 aromatic carbocycles. The standard InChI is InChI=1S/C55H37N3O.U/c1-35(42-24-21-37-13-5-6-15-43(37)33-42)54-53(47-17-9-10-18-51(47)59-54)57-55(56)41-22-19-38(20-23-41)39-25-29-45(30-26-39)58-49-31-28-44(36-11-3-2-4-12-36)34-48(49)52-46-16-8-7-14-40(46)27-32-50(52)58;/h2-19,21-25,27-35H,1H3,(H2,56,57);/q-2;+2. The summed E-state index contributed by atoms with van der Waals surface area (Å²) in [4.78, 5) is 5.03. The van der Waals surface area contributed by atoms with Crippen molar-refractivity contribution in [3.05, 3.63) is 217 Å². The Bertz CT molecular complexity index is 3400. The second-order valence-electron chi connectivity index (χ2n) is 15.2. The smallest absolute Gasteiger partial charge is 0.458 e. The Morgan fingerprint density at radius 3 is 2.05 bits per heavy atom. The normalized spacial score (nSPS) is 12.4. The van der Waals surface area contributed by atoms with Gasteiger partial charge in [-0.05, 0) is 74.3 Å². The van der Waals surface area contributed by atoms with Crippen LogP contribution in [0.2, 0.25) is 0 Å². The van der Waals surface area contributed by atoms with Gasteiger partial charge in [0.15, 0.2) is 0 Å². The first-order valence-electron chi connectivity index (χ1n) is 20.0. The first-order valence-corrected chi connectivity index (χ1v) is 20.0. The van der Waals surface area contributed by atoms with E-state index in [9.17, 15) is 0 Å². The van der Waals surface area contributed by atoms with Crippen LogP contribution in [0.25, 0.3) is 82.3 Å². The maximum Gasteiger partial charge on any atom is 2.00 e. The number of amidine groups is 1. The number of furan rings is 1. The van der Waals surface area contributed by atoms with E-state index in [-0.39, 0.29) is 37.0 Å². The molecule has 2 N–H and O–H groups in total. The van der Waals surface area contributed by atoms with Crippen molar-refractivity contribution in [2.24, 2.45) is 10.7 Å². The minimum atomic E-state index is -0.0420. The topological polar surface area (TPSA) is 56.4 Å². The van der Waals surface area contributed by atoms with Crippen LogP contribution in [0.4, 0.5) is 5.69 Å². The van der Waals surface area contributed by atoms with E-state index in [0.717, 1.165) is 61.4 Å². The van der Waals surface area contributed by atoms with Gasteiger partial charge in [-0.1, -0.05) is 134 Å². The summed E-state index contributed by atoms with van der Waals surface area (Å²) >= 11 is 0. The molecule has 0 aliphatic rings. The second-order valence-corrected chi connectivity index (χ2v) is 15.2. The molecule has 0 bridgehead atoms. The summed E-state index contributed by atoms with van der Waals surface area (Å²) in [5.41, 5.74) is 17.9. The summed E-state index contributed by atoms with van der Waals surface area (Å²) in [5.74, 6) is 1.15. The monoisotopic (exact) mass is 993 g/mol. The molecule has 0 saturated heterocycles. The predicted molar refractivity (Wildman–Crippen MR) is 245 cm³/mol. The summed E-state index contributed by atoms with van der Waals surface area (Å²) in [6.45, 7) is 2.16. The van der Waals surface area contributed by atoms with Gasteiger partial charge in [-0.15, -0.1) is 24.3 Å². The average molecular weight is 994 g/mol. The molecule has 1 atom stereocenters. The Kier molecular flexibility index (Phi) is 9.73. The summed E-state index contributed by atoms with van der Waals surface area (Å²) in [6.07, 6.45) is 0. The molecule has 0 amide bonds. The van der Waals surface area contributed by atoms with Crippen LogP contribution in [0.5, 0.6) is 0 Å². The van der Waals surface area contributed by atoms with Crippen LogP contribution >= 0.6 is 0 Å². The molecule has 0 spiro atoms. The predicted octanol–water partition coefficient (Wildman–Crippen LogP) is 14.0. The summed E-state index contributed by atoms with van der Waals surface area (Å²) in [6, 6.07) is 72.8. The van der Waals surface area contributed by atoms with Gasteiger partial charge >= 0.3 is 31.1 Å². The van der Waals surface area contributed by atoms with Crippen molar-refractivity contribution < 1.29 is 35.5 Å². The maximum absolute atomic E-state index is 6.77. The fraction of sp³-hybridized carbons (Fsp3) is 0.0364. The van der Waals surface area contributed by atoms with Crippen LogP contribution in [-0.4, -0.2) is 10.4 Å². The molecule has 0 radical (unpaired) electrons. The zero-order valence-corrected chi connectivity index (χ0v) is 37.0. The number of nitrogens with zero attached hydrogens (tertiary/aromatic N) is 2. The van der Waals surface area contributed by atoms with Crippen LogP contribution < -0.4 is 5.73 Å². The number of hydrogen-bond acceptors (Lipinski definition) is 2. The van der Waals surface area contributed by atoms with Gasteiger partial charge < -0.3 is 14.7 Å². The van der Waals surface area contributed by atoms with Gasteiger partial charge in [-0.3, -0.25) is 0 Å². The summed E-state index contributed by atoms with van der Waals surface area (Å²) in [7, 11) is 0. The largest absolute Gasteiger partial charge is 2.00 e. The van der Waals surface area contributed by atoms with E-state index in [4.69, 9.17) is 15.1 Å².